The number of hydrogen-bond acceptors (Lipinski definition) is 4. The highest BCUT2D eigenvalue weighted by atomic mass is 16.6. The van der Waals surface area contributed by atoms with Gasteiger partial charge in [0.1, 0.15) is 6.10 Å². The maximum atomic E-state index is 11.7. The minimum absolute atomic E-state index is 0.00280. The van der Waals surface area contributed by atoms with E-state index in [0.717, 1.165) is 24.0 Å². The van der Waals surface area contributed by atoms with Gasteiger partial charge in [-0.3, -0.25) is 0 Å². The molecule has 0 bridgehead atoms. The fourth-order valence-electron chi connectivity index (χ4n) is 3.96. The lowest BCUT2D eigenvalue weighted by atomic mass is 9.58. The predicted molar refractivity (Wildman–Crippen MR) is 69.2 cm³/mol. The molecule has 2 aliphatic carbocycles. The molecule has 0 aromatic heterocycles. The van der Waals surface area contributed by atoms with Crippen LogP contribution in [0.3, 0.4) is 0 Å². The molecule has 1 saturated heterocycles. The third-order valence-electron chi connectivity index (χ3n) is 5.29. The van der Waals surface area contributed by atoms with Gasteiger partial charge in [-0.1, -0.05) is 13.5 Å². The lowest BCUT2D eigenvalue weighted by Gasteiger charge is -2.49. The average molecular weight is 264 g/mol. The second-order valence-corrected chi connectivity index (χ2v) is 6.28. The second-order valence-electron chi connectivity index (χ2n) is 6.28. The molecule has 3 aliphatic rings. The summed E-state index contributed by atoms with van der Waals surface area (Å²) in [6.45, 7) is 7.70. The number of esters is 1. The van der Waals surface area contributed by atoms with Gasteiger partial charge in [-0.05, 0) is 30.9 Å². The first-order valence-corrected chi connectivity index (χ1v) is 6.83. The van der Waals surface area contributed by atoms with Gasteiger partial charge in [0.2, 0.25) is 0 Å². The smallest absolute Gasteiger partial charge is 0.334 e. The van der Waals surface area contributed by atoms with Crippen LogP contribution in [0.4, 0.5) is 0 Å². The van der Waals surface area contributed by atoms with Crippen LogP contribution in [0, 0.1) is 11.3 Å². The largest absolute Gasteiger partial charge is 0.454 e. The van der Waals surface area contributed by atoms with Crippen molar-refractivity contribution in [3.8, 4) is 0 Å². The minimum Gasteiger partial charge on any atom is -0.454 e. The van der Waals surface area contributed by atoms with Crippen LogP contribution in [0.5, 0.6) is 0 Å². The summed E-state index contributed by atoms with van der Waals surface area (Å²) in [4.78, 5) is 11.7. The summed E-state index contributed by atoms with van der Waals surface area (Å²) in [6, 6.07) is 0. The molecule has 0 amide bonds. The molecule has 0 radical (unpaired) electrons. The van der Waals surface area contributed by atoms with E-state index < -0.39 is 17.6 Å². The van der Waals surface area contributed by atoms with Gasteiger partial charge >= 0.3 is 5.97 Å². The lowest BCUT2D eigenvalue weighted by Crippen LogP contribution is -2.49. The maximum absolute atomic E-state index is 11.7. The zero-order valence-electron chi connectivity index (χ0n) is 11.3. The molecule has 2 fully saturated rings. The van der Waals surface area contributed by atoms with Crippen molar-refractivity contribution in [2.24, 2.45) is 11.3 Å². The van der Waals surface area contributed by atoms with E-state index in [1.165, 1.54) is 0 Å². The molecule has 0 aromatic carbocycles. The highest BCUT2D eigenvalue weighted by molar-refractivity contribution is 5.91. The SMILES string of the molecule is C=C1C(=O)OC2C3=C(C)C(O)CC(O)C3(C)CCC12. The van der Waals surface area contributed by atoms with E-state index in [9.17, 15) is 15.0 Å². The van der Waals surface area contributed by atoms with Crippen LogP contribution in [0.2, 0.25) is 0 Å². The van der Waals surface area contributed by atoms with Crippen molar-refractivity contribution in [3.05, 3.63) is 23.3 Å². The van der Waals surface area contributed by atoms with E-state index in [4.69, 9.17) is 4.74 Å². The third-order valence-corrected chi connectivity index (χ3v) is 5.29. The van der Waals surface area contributed by atoms with Gasteiger partial charge in [0, 0.05) is 23.3 Å². The standard InChI is InChI=1S/C15H20O4/c1-7-9-4-5-15(3)11(17)6-10(16)8(2)12(15)13(9)19-14(7)18/h9-11,13,16-17H,1,4-6H2,2-3H3. The number of carbonyl (C=O) groups is 1. The monoisotopic (exact) mass is 264 g/mol. The first-order chi connectivity index (χ1) is 8.86. The van der Waals surface area contributed by atoms with Gasteiger partial charge in [0.05, 0.1) is 12.2 Å². The molecule has 3 rings (SSSR count). The highest BCUT2D eigenvalue weighted by Gasteiger charge is 2.55. The molecule has 1 aliphatic heterocycles. The Labute approximate surface area is 112 Å². The summed E-state index contributed by atoms with van der Waals surface area (Å²) in [6.07, 6.45) is 0.375. The fourth-order valence-corrected chi connectivity index (χ4v) is 3.96. The van der Waals surface area contributed by atoms with Crippen molar-refractivity contribution >= 4 is 5.97 Å². The van der Waals surface area contributed by atoms with E-state index in [1.54, 1.807) is 0 Å². The third kappa shape index (κ3) is 1.56. The molecular formula is C15H20O4. The molecule has 104 valence electrons. The van der Waals surface area contributed by atoms with Crippen LogP contribution in [0.15, 0.2) is 23.3 Å². The molecule has 5 atom stereocenters. The predicted octanol–water partition coefficient (Wildman–Crippen LogP) is 1.33. The number of fused-ring (bicyclic) bond motifs is 3. The Morgan fingerprint density at radius 2 is 2.11 bits per heavy atom. The van der Waals surface area contributed by atoms with Crippen LogP contribution in [-0.4, -0.2) is 34.5 Å². The van der Waals surface area contributed by atoms with E-state index in [0.29, 0.717) is 12.0 Å². The summed E-state index contributed by atoms with van der Waals surface area (Å²) in [5.74, 6) is -0.336. The topological polar surface area (TPSA) is 66.8 Å². The van der Waals surface area contributed by atoms with E-state index >= 15 is 0 Å². The first kappa shape index (κ1) is 12.9. The van der Waals surface area contributed by atoms with Crippen molar-refractivity contribution in [2.45, 2.75) is 51.4 Å². The number of ether oxygens (including phenoxy) is 1. The average Bonchev–Trinajstić information content (AvgIpc) is 2.63. The molecular weight excluding hydrogens is 244 g/mol. The van der Waals surface area contributed by atoms with Crippen LogP contribution in [-0.2, 0) is 9.53 Å². The van der Waals surface area contributed by atoms with Gasteiger partial charge < -0.3 is 14.9 Å². The second kappa shape index (κ2) is 3.93. The molecule has 0 aromatic rings. The Bertz CT molecular complexity index is 492. The van der Waals surface area contributed by atoms with Crippen molar-refractivity contribution < 1.29 is 19.7 Å². The normalized spacial score (nSPS) is 45.9. The molecule has 2 N–H and O–H groups in total. The Balaban J connectivity index is 2.11. The van der Waals surface area contributed by atoms with Gasteiger partial charge in [0.15, 0.2) is 0 Å². The van der Waals surface area contributed by atoms with Gasteiger partial charge in [0.25, 0.3) is 0 Å². The molecule has 1 saturated carbocycles. The summed E-state index contributed by atoms with van der Waals surface area (Å²) in [5.41, 5.74) is 1.91. The molecule has 4 nitrogen and oxygen atoms in total. The number of rotatable bonds is 0. The van der Waals surface area contributed by atoms with Crippen LogP contribution >= 0.6 is 0 Å². The summed E-state index contributed by atoms with van der Waals surface area (Å²) in [5, 5.41) is 20.4. The van der Waals surface area contributed by atoms with E-state index in [1.807, 2.05) is 13.8 Å². The molecule has 1 heterocycles. The summed E-state index contributed by atoms with van der Waals surface area (Å²) in [7, 11) is 0. The quantitative estimate of drug-likeness (QED) is 0.393. The van der Waals surface area contributed by atoms with Gasteiger partial charge in [-0.2, -0.15) is 0 Å². The van der Waals surface area contributed by atoms with Crippen molar-refractivity contribution in [2.75, 3.05) is 0 Å². The lowest BCUT2D eigenvalue weighted by molar-refractivity contribution is -0.139. The van der Waals surface area contributed by atoms with Crippen molar-refractivity contribution in [1.29, 1.82) is 0 Å². The number of aliphatic hydroxyl groups is 2. The number of carbonyl (C=O) groups excluding carboxylic acids is 1. The zero-order valence-corrected chi connectivity index (χ0v) is 11.3. The Morgan fingerprint density at radius 3 is 2.79 bits per heavy atom. The van der Waals surface area contributed by atoms with Crippen molar-refractivity contribution in [3.63, 3.8) is 0 Å². The van der Waals surface area contributed by atoms with E-state index in [2.05, 4.69) is 6.58 Å². The minimum atomic E-state index is -0.649. The molecule has 4 heteroatoms. The maximum Gasteiger partial charge on any atom is 0.334 e. The Morgan fingerprint density at radius 1 is 1.42 bits per heavy atom. The number of hydrogen-bond donors (Lipinski definition) is 2. The van der Waals surface area contributed by atoms with Crippen LogP contribution in [0.25, 0.3) is 0 Å². The Kier molecular flexibility index (Phi) is 2.67. The van der Waals surface area contributed by atoms with Gasteiger partial charge in [-0.15, -0.1) is 0 Å². The Hall–Kier alpha value is -1.13. The first-order valence-electron chi connectivity index (χ1n) is 6.83. The molecule has 5 unspecified atom stereocenters. The van der Waals surface area contributed by atoms with Gasteiger partial charge in [-0.25, -0.2) is 4.79 Å². The summed E-state index contributed by atoms with van der Waals surface area (Å²) >= 11 is 0. The fraction of sp³-hybridized carbons (Fsp3) is 0.667. The molecule has 19 heavy (non-hydrogen) atoms. The zero-order chi connectivity index (χ0) is 13.9. The number of aliphatic hydroxyl groups excluding tert-OH is 2. The van der Waals surface area contributed by atoms with Crippen LogP contribution in [0.1, 0.15) is 33.1 Å². The van der Waals surface area contributed by atoms with Crippen LogP contribution < -0.4 is 0 Å². The van der Waals surface area contributed by atoms with E-state index in [-0.39, 0.29) is 18.0 Å². The molecule has 0 spiro atoms. The summed E-state index contributed by atoms with van der Waals surface area (Å²) < 4.78 is 5.46. The highest BCUT2D eigenvalue weighted by Crippen LogP contribution is 2.55. The van der Waals surface area contributed by atoms with Crippen molar-refractivity contribution in [1.82, 2.24) is 0 Å².